The largest absolute Gasteiger partial charge is 0.394 e. The molecule has 0 radical (unpaired) electrons. The molecule has 0 spiro atoms. The van der Waals surface area contributed by atoms with Gasteiger partial charge in [-0.1, -0.05) is 29.3 Å². The number of nitrogens with one attached hydrogen (secondary N) is 1. The van der Waals surface area contributed by atoms with E-state index < -0.39 is 0 Å². The van der Waals surface area contributed by atoms with E-state index in [9.17, 15) is 5.11 Å². The van der Waals surface area contributed by atoms with E-state index in [1.54, 1.807) is 0 Å². The smallest absolute Gasteiger partial charge is 0.0628 e. The summed E-state index contributed by atoms with van der Waals surface area (Å²) in [5.41, 5.74) is 3.79. The first-order valence-electron chi connectivity index (χ1n) is 6.34. The third kappa shape index (κ3) is 3.69. The second-order valence-electron chi connectivity index (χ2n) is 4.91. The van der Waals surface area contributed by atoms with E-state index in [-0.39, 0.29) is 25.1 Å². The lowest BCUT2D eigenvalue weighted by Gasteiger charge is -2.34. The fourth-order valence-electron chi connectivity index (χ4n) is 2.63. The number of nitrogens with zero attached hydrogens (tertiary/aromatic N) is 1. The first kappa shape index (κ1) is 15.4. The number of hydrogen-bond donors (Lipinski definition) is 2. The zero-order valence-electron chi connectivity index (χ0n) is 11.1. The SMILES string of the molecule is Cc1cc(C)cc([C@H](CO)N2CCNCC2)c1.Cl. The van der Waals surface area contributed by atoms with Gasteiger partial charge in [-0.25, -0.2) is 0 Å². The molecule has 1 aromatic carbocycles. The summed E-state index contributed by atoms with van der Waals surface area (Å²) < 4.78 is 0. The van der Waals surface area contributed by atoms with Gasteiger partial charge in [-0.15, -0.1) is 12.4 Å². The average molecular weight is 271 g/mol. The molecular weight excluding hydrogens is 248 g/mol. The Kier molecular flexibility index (Phi) is 6.09. The summed E-state index contributed by atoms with van der Waals surface area (Å²) >= 11 is 0. The fraction of sp³-hybridized carbons (Fsp3) is 0.571. The van der Waals surface area contributed by atoms with Crippen LogP contribution in [0.25, 0.3) is 0 Å². The first-order chi connectivity index (χ1) is 8.20. The van der Waals surface area contributed by atoms with Crippen LogP contribution < -0.4 is 5.32 Å². The van der Waals surface area contributed by atoms with Gasteiger partial charge in [0.25, 0.3) is 0 Å². The van der Waals surface area contributed by atoms with Crippen LogP contribution >= 0.6 is 12.4 Å². The second-order valence-corrected chi connectivity index (χ2v) is 4.91. The summed E-state index contributed by atoms with van der Waals surface area (Å²) in [5.74, 6) is 0. The minimum atomic E-state index is 0. The molecule has 0 unspecified atom stereocenters. The Bertz CT molecular complexity index is 358. The van der Waals surface area contributed by atoms with Crippen molar-refractivity contribution in [1.82, 2.24) is 10.2 Å². The summed E-state index contributed by atoms with van der Waals surface area (Å²) in [7, 11) is 0. The minimum Gasteiger partial charge on any atom is -0.394 e. The topological polar surface area (TPSA) is 35.5 Å². The molecule has 0 aromatic heterocycles. The Morgan fingerprint density at radius 2 is 1.72 bits per heavy atom. The van der Waals surface area contributed by atoms with E-state index >= 15 is 0 Å². The molecule has 0 amide bonds. The minimum absolute atomic E-state index is 0. The van der Waals surface area contributed by atoms with Crippen LogP contribution in [0.5, 0.6) is 0 Å². The highest BCUT2D eigenvalue weighted by Crippen LogP contribution is 2.22. The van der Waals surface area contributed by atoms with Crippen LogP contribution in [-0.4, -0.2) is 42.8 Å². The van der Waals surface area contributed by atoms with Gasteiger partial charge in [0.15, 0.2) is 0 Å². The summed E-state index contributed by atoms with van der Waals surface area (Å²) in [4.78, 5) is 2.37. The van der Waals surface area contributed by atoms with E-state index in [1.807, 2.05) is 0 Å². The molecule has 102 valence electrons. The van der Waals surface area contributed by atoms with Crippen LogP contribution in [0, 0.1) is 13.8 Å². The number of aliphatic hydroxyl groups is 1. The normalized spacial score (nSPS) is 18.2. The summed E-state index contributed by atoms with van der Waals surface area (Å²) in [6, 6.07) is 6.71. The van der Waals surface area contributed by atoms with E-state index in [4.69, 9.17) is 0 Å². The second kappa shape index (κ2) is 7.10. The van der Waals surface area contributed by atoms with Crippen molar-refractivity contribution in [3.63, 3.8) is 0 Å². The molecule has 1 aliphatic heterocycles. The maximum Gasteiger partial charge on any atom is 0.0628 e. The molecule has 18 heavy (non-hydrogen) atoms. The monoisotopic (exact) mass is 270 g/mol. The van der Waals surface area contributed by atoms with Crippen molar-refractivity contribution in [2.75, 3.05) is 32.8 Å². The van der Waals surface area contributed by atoms with Gasteiger partial charge in [-0.2, -0.15) is 0 Å². The van der Waals surface area contributed by atoms with E-state index in [0.29, 0.717) is 0 Å². The standard InChI is InChI=1S/C14H22N2O.ClH/c1-11-7-12(2)9-13(8-11)14(10-17)16-5-3-15-4-6-16;/h7-9,14-15,17H,3-6,10H2,1-2H3;1H/t14-;/m0./s1. The lowest BCUT2D eigenvalue weighted by Crippen LogP contribution is -2.46. The van der Waals surface area contributed by atoms with Crippen LogP contribution in [-0.2, 0) is 0 Å². The number of benzene rings is 1. The molecular formula is C14H23ClN2O. The summed E-state index contributed by atoms with van der Waals surface area (Å²) in [5, 5.41) is 13.0. The Morgan fingerprint density at radius 3 is 2.22 bits per heavy atom. The van der Waals surface area contributed by atoms with Crippen molar-refractivity contribution in [2.45, 2.75) is 19.9 Å². The maximum absolute atomic E-state index is 9.65. The van der Waals surface area contributed by atoms with Crippen LogP contribution in [0.4, 0.5) is 0 Å². The number of halogens is 1. The van der Waals surface area contributed by atoms with Gasteiger partial charge in [0.05, 0.1) is 12.6 Å². The third-order valence-corrected chi connectivity index (χ3v) is 3.39. The van der Waals surface area contributed by atoms with Crippen LogP contribution in [0.2, 0.25) is 0 Å². The lowest BCUT2D eigenvalue weighted by atomic mass is 10.00. The zero-order valence-corrected chi connectivity index (χ0v) is 12.0. The fourth-order valence-corrected chi connectivity index (χ4v) is 2.63. The van der Waals surface area contributed by atoms with Gasteiger partial charge in [-0.3, -0.25) is 4.90 Å². The highest BCUT2D eigenvalue weighted by Gasteiger charge is 2.21. The maximum atomic E-state index is 9.65. The van der Waals surface area contributed by atoms with Crippen molar-refractivity contribution < 1.29 is 5.11 Å². The molecule has 1 aliphatic rings. The molecule has 1 atom stereocenters. The van der Waals surface area contributed by atoms with Crippen molar-refractivity contribution in [2.24, 2.45) is 0 Å². The summed E-state index contributed by atoms with van der Waals surface area (Å²) in [6.07, 6.45) is 0. The Labute approximate surface area is 116 Å². The number of aryl methyl sites for hydroxylation is 2. The Balaban J connectivity index is 0.00000162. The van der Waals surface area contributed by atoms with Crippen LogP contribution in [0.3, 0.4) is 0 Å². The zero-order chi connectivity index (χ0) is 12.3. The molecule has 4 heteroatoms. The van der Waals surface area contributed by atoms with Crippen molar-refractivity contribution in [3.05, 3.63) is 34.9 Å². The number of rotatable bonds is 3. The van der Waals surface area contributed by atoms with Gasteiger partial charge >= 0.3 is 0 Å². The number of hydrogen-bond acceptors (Lipinski definition) is 3. The molecule has 0 saturated carbocycles. The van der Waals surface area contributed by atoms with E-state index in [0.717, 1.165) is 26.2 Å². The highest BCUT2D eigenvalue weighted by atomic mass is 35.5. The average Bonchev–Trinajstić information content (AvgIpc) is 2.30. The quantitative estimate of drug-likeness (QED) is 0.877. The Hall–Kier alpha value is -0.610. The van der Waals surface area contributed by atoms with Crippen LogP contribution in [0.1, 0.15) is 22.7 Å². The van der Waals surface area contributed by atoms with Gasteiger partial charge in [-0.05, 0) is 19.4 Å². The molecule has 0 bridgehead atoms. The summed E-state index contributed by atoms with van der Waals surface area (Å²) in [6.45, 7) is 8.48. The Morgan fingerprint density at radius 1 is 1.17 bits per heavy atom. The van der Waals surface area contributed by atoms with Gasteiger partial charge in [0.1, 0.15) is 0 Å². The highest BCUT2D eigenvalue weighted by molar-refractivity contribution is 5.85. The van der Waals surface area contributed by atoms with Gasteiger partial charge < -0.3 is 10.4 Å². The molecule has 1 heterocycles. The van der Waals surface area contributed by atoms with E-state index in [2.05, 4.69) is 42.3 Å². The first-order valence-corrected chi connectivity index (χ1v) is 6.34. The molecule has 1 fully saturated rings. The molecule has 1 aromatic rings. The molecule has 0 aliphatic carbocycles. The lowest BCUT2D eigenvalue weighted by molar-refractivity contribution is 0.111. The van der Waals surface area contributed by atoms with E-state index in [1.165, 1.54) is 16.7 Å². The van der Waals surface area contributed by atoms with Gasteiger partial charge in [0, 0.05) is 26.2 Å². The number of aliphatic hydroxyl groups excluding tert-OH is 1. The van der Waals surface area contributed by atoms with Crippen molar-refractivity contribution in [1.29, 1.82) is 0 Å². The number of piperazine rings is 1. The van der Waals surface area contributed by atoms with Crippen molar-refractivity contribution in [3.8, 4) is 0 Å². The third-order valence-electron chi connectivity index (χ3n) is 3.39. The molecule has 3 nitrogen and oxygen atoms in total. The molecule has 1 saturated heterocycles. The predicted octanol–water partition coefficient (Wildman–Crippen LogP) is 1.66. The van der Waals surface area contributed by atoms with Crippen LogP contribution in [0.15, 0.2) is 18.2 Å². The predicted molar refractivity (Wildman–Crippen MR) is 77.4 cm³/mol. The van der Waals surface area contributed by atoms with Gasteiger partial charge in [0.2, 0.25) is 0 Å². The molecule has 2 rings (SSSR count). The van der Waals surface area contributed by atoms with Crippen molar-refractivity contribution >= 4 is 12.4 Å². The molecule has 2 N–H and O–H groups in total.